The molecule has 128 valence electrons. The highest BCUT2D eigenvalue weighted by Gasteiger charge is 2.35. The number of nitrogens with zero attached hydrogens (tertiary/aromatic N) is 3. The Labute approximate surface area is 156 Å². The minimum atomic E-state index is -0.498. The Hall–Kier alpha value is -2.06. The summed E-state index contributed by atoms with van der Waals surface area (Å²) < 4.78 is 6.43. The number of hydrogen-bond donors (Lipinski definition) is 1. The highest BCUT2D eigenvalue weighted by atomic mass is 79.9. The van der Waals surface area contributed by atoms with Crippen LogP contribution in [0.4, 0.5) is 0 Å². The van der Waals surface area contributed by atoms with E-state index in [0.717, 1.165) is 27.2 Å². The first-order valence-electron chi connectivity index (χ1n) is 7.90. The number of fused-ring (bicyclic) bond motifs is 2. The fourth-order valence-corrected chi connectivity index (χ4v) is 3.81. The molecule has 6 nitrogen and oxygen atoms in total. The standard InChI is InChI=1S/C17H15BrN4O2S/c1-2-8-25-17-20-16(23)14-11-9-10(18)5-6-12(11)19-15(22(14)21-17)13-4-3-7-24-13/h3-7,9,15H,2,8H2,1H3,(H,20,21,23). The summed E-state index contributed by atoms with van der Waals surface area (Å²) in [5, 5.41) is 11.2. The monoisotopic (exact) mass is 418 g/mol. The molecule has 1 aromatic carbocycles. The molecule has 1 aromatic heterocycles. The number of hydrazone groups is 1. The lowest BCUT2D eigenvalue weighted by Crippen LogP contribution is -2.50. The molecule has 1 N–H and O–H groups in total. The predicted molar refractivity (Wildman–Crippen MR) is 99.9 cm³/mol. The van der Waals surface area contributed by atoms with Gasteiger partial charge in [0, 0.05) is 15.4 Å². The lowest BCUT2D eigenvalue weighted by Gasteiger charge is -2.32. The number of carbonyl (C=O) groups is 1. The number of hydrogen-bond acceptors (Lipinski definition) is 6. The van der Waals surface area contributed by atoms with E-state index in [4.69, 9.17) is 9.41 Å². The summed E-state index contributed by atoms with van der Waals surface area (Å²) in [5.41, 5.74) is 0.480. The van der Waals surface area contributed by atoms with Gasteiger partial charge in [-0.05, 0) is 36.8 Å². The second-order valence-electron chi connectivity index (χ2n) is 5.58. The SMILES string of the molecule is CCCSC1=NN2C(=c3cc(Br)ccc3=NC2c2ccco2)C(=O)N1. The molecular weight excluding hydrogens is 404 g/mol. The second-order valence-corrected chi connectivity index (χ2v) is 7.58. The molecule has 0 saturated heterocycles. The molecule has 1 unspecified atom stereocenters. The lowest BCUT2D eigenvalue weighted by molar-refractivity contribution is -0.116. The number of amidine groups is 1. The van der Waals surface area contributed by atoms with Crippen LogP contribution >= 0.6 is 27.7 Å². The molecule has 8 heteroatoms. The topological polar surface area (TPSA) is 70.2 Å². The molecular formula is C17H15BrN4O2S. The Balaban J connectivity index is 1.92. The maximum atomic E-state index is 12.8. The minimum Gasteiger partial charge on any atom is -0.465 e. The molecule has 0 spiro atoms. The smallest absolute Gasteiger partial charge is 0.276 e. The van der Waals surface area contributed by atoms with Gasteiger partial charge in [-0.3, -0.25) is 10.1 Å². The van der Waals surface area contributed by atoms with Gasteiger partial charge in [-0.1, -0.05) is 34.6 Å². The zero-order chi connectivity index (χ0) is 17.4. The number of halogens is 1. The first kappa shape index (κ1) is 16.4. The van der Waals surface area contributed by atoms with Crippen molar-refractivity contribution in [1.82, 2.24) is 10.3 Å². The Kier molecular flexibility index (Phi) is 4.39. The summed E-state index contributed by atoms with van der Waals surface area (Å²) in [7, 11) is 0. The molecule has 0 bridgehead atoms. The van der Waals surface area contributed by atoms with Crippen LogP contribution in [0.3, 0.4) is 0 Å². The van der Waals surface area contributed by atoms with Crippen LogP contribution in [0.15, 0.2) is 55.6 Å². The van der Waals surface area contributed by atoms with Crippen LogP contribution in [-0.2, 0) is 4.79 Å². The Bertz CT molecular complexity index is 971. The van der Waals surface area contributed by atoms with Crippen molar-refractivity contribution in [3.63, 3.8) is 0 Å². The molecule has 0 saturated carbocycles. The van der Waals surface area contributed by atoms with E-state index in [1.807, 2.05) is 30.3 Å². The van der Waals surface area contributed by atoms with Crippen molar-refractivity contribution in [2.24, 2.45) is 10.1 Å². The number of benzene rings is 1. The molecule has 25 heavy (non-hydrogen) atoms. The zero-order valence-corrected chi connectivity index (χ0v) is 15.8. The largest absolute Gasteiger partial charge is 0.465 e. The van der Waals surface area contributed by atoms with Crippen molar-refractivity contribution in [2.75, 3.05) is 5.75 Å². The normalized spacial score (nSPS) is 18.9. The fraction of sp³-hybridized carbons (Fsp3) is 0.235. The van der Waals surface area contributed by atoms with Crippen LogP contribution in [-0.4, -0.2) is 21.8 Å². The number of carbonyl (C=O) groups excluding carboxylic acids is 1. The van der Waals surface area contributed by atoms with E-state index in [0.29, 0.717) is 16.6 Å². The molecule has 4 rings (SSSR count). The third kappa shape index (κ3) is 3.00. The summed E-state index contributed by atoms with van der Waals surface area (Å²) in [5.74, 6) is 1.34. The van der Waals surface area contributed by atoms with Crippen LogP contribution in [0, 0.1) is 0 Å². The van der Waals surface area contributed by atoms with E-state index in [1.54, 1.807) is 11.3 Å². The Morgan fingerprint density at radius 1 is 1.40 bits per heavy atom. The summed E-state index contributed by atoms with van der Waals surface area (Å²) in [6.07, 6.45) is 2.10. The van der Waals surface area contributed by atoms with Gasteiger partial charge < -0.3 is 4.42 Å². The number of furan rings is 1. The van der Waals surface area contributed by atoms with Crippen LogP contribution in [0.25, 0.3) is 5.70 Å². The average Bonchev–Trinajstić information content (AvgIpc) is 3.13. The van der Waals surface area contributed by atoms with Crippen molar-refractivity contribution < 1.29 is 9.21 Å². The summed E-state index contributed by atoms with van der Waals surface area (Å²) >= 11 is 4.99. The quantitative estimate of drug-likeness (QED) is 0.829. The molecule has 0 aliphatic carbocycles. The summed E-state index contributed by atoms with van der Waals surface area (Å²) in [6, 6.07) is 9.33. The second kappa shape index (κ2) is 6.68. The van der Waals surface area contributed by atoms with E-state index >= 15 is 0 Å². The van der Waals surface area contributed by atoms with Gasteiger partial charge in [0.2, 0.25) is 6.17 Å². The number of nitrogens with one attached hydrogen (secondary N) is 1. The molecule has 1 amide bonds. The van der Waals surface area contributed by atoms with Crippen molar-refractivity contribution in [1.29, 1.82) is 0 Å². The molecule has 0 radical (unpaired) electrons. The Morgan fingerprint density at radius 2 is 2.28 bits per heavy atom. The van der Waals surface area contributed by atoms with E-state index in [1.165, 1.54) is 11.8 Å². The van der Waals surface area contributed by atoms with Gasteiger partial charge in [0.15, 0.2) is 5.17 Å². The first-order valence-corrected chi connectivity index (χ1v) is 9.68. The van der Waals surface area contributed by atoms with E-state index in [9.17, 15) is 4.79 Å². The Morgan fingerprint density at radius 3 is 3.04 bits per heavy atom. The highest BCUT2D eigenvalue weighted by Crippen LogP contribution is 2.31. The number of rotatable bonds is 3. The average molecular weight is 419 g/mol. The fourth-order valence-electron chi connectivity index (χ4n) is 2.74. The molecule has 2 aliphatic heterocycles. The molecule has 2 aliphatic rings. The minimum absolute atomic E-state index is 0.181. The van der Waals surface area contributed by atoms with E-state index < -0.39 is 6.17 Å². The van der Waals surface area contributed by atoms with Crippen molar-refractivity contribution >= 4 is 44.5 Å². The lowest BCUT2D eigenvalue weighted by atomic mass is 10.1. The third-order valence-electron chi connectivity index (χ3n) is 3.81. The highest BCUT2D eigenvalue weighted by molar-refractivity contribution is 9.10. The summed E-state index contributed by atoms with van der Waals surface area (Å²) in [4.78, 5) is 17.6. The van der Waals surface area contributed by atoms with E-state index in [2.05, 4.69) is 33.3 Å². The van der Waals surface area contributed by atoms with E-state index in [-0.39, 0.29) is 5.91 Å². The number of amides is 1. The van der Waals surface area contributed by atoms with Crippen LogP contribution in [0.5, 0.6) is 0 Å². The zero-order valence-electron chi connectivity index (χ0n) is 13.4. The maximum Gasteiger partial charge on any atom is 0.276 e. The van der Waals surface area contributed by atoms with Gasteiger partial charge in [-0.15, -0.1) is 5.10 Å². The number of thioether (sulfide) groups is 1. The van der Waals surface area contributed by atoms with Gasteiger partial charge in [0.1, 0.15) is 11.5 Å². The predicted octanol–water partition coefficient (Wildman–Crippen LogP) is 2.33. The van der Waals surface area contributed by atoms with Crippen molar-refractivity contribution in [2.45, 2.75) is 19.5 Å². The molecule has 0 fully saturated rings. The van der Waals surface area contributed by atoms with Crippen LogP contribution in [0.1, 0.15) is 25.3 Å². The van der Waals surface area contributed by atoms with Crippen LogP contribution < -0.4 is 15.9 Å². The third-order valence-corrected chi connectivity index (χ3v) is 5.37. The summed E-state index contributed by atoms with van der Waals surface area (Å²) in [6.45, 7) is 2.09. The first-order chi connectivity index (χ1) is 12.2. The molecule has 2 aromatic rings. The van der Waals surface area contributed by atoms with Gasteiger partial charge in [-0.2, -0.15) is 0 Å². The van der Waals surface area contributed by atoms with Gasteiger partial charge in [0.25, 0.3) is 5.91 Å². The van der Waals surface area contributed by atoms with Crippen molar-refractivity contribution in [3.8, 4) is 0 Å². The maximum absolute atomic E-state index is 12.8. The van der Waals surface area contributed by atoms with Gasteiger partial charge in [-0.25, -0.2) is 10.0 Å². The van der Waals surface area contributed by atoms with Gasteiger partial charge >= 0.3 is 0 Å². The van der Waals surface area contributed by atoms with Crippen molar-refractivity contribution in [3.05, 3.63) is 57.4 Å². The molecule has 3 heterocycles. The van der Waals surface area contributed by atoms with Crippen LogP contribution in [0.2, 0.25) is 0 Å². The molecule has 1 atom stereocenters. The van der Waals surface area contributed by atoms with Gasteiger partial charge in [0.05, 0.1) is 11.6 Å².